The summed E-state index contributed by atoms with van der Waals surface area (Å²) in [6.07, 6.45) is 1.59. The lowest BCUT2D eigenvalue weighted by atomic mass is 9.92. The van der Waals surface area contributed by atoms with Crippen LogP contribution in [0.1, 0.15) is 30.9 Å². The lowest BCUT2D eigenvalue weighted by molar-refractivity contribution is 0.230. The number of sulfonamides is 1. The topological polar surface area (TPSA) is 87.2 Å². The minimum absolute atomic E-state index is 0.0613. The Bertz CT molecular complexity index is 637. The van der Waals surface area contributed by atoms with Crippen molar-refractivity contribution in [2.45, 2.75) is 31.6 Å². The van der Waals surface area contributed by atoms with Crippen molar-refractivity contribution >= 4 is 10.0 Å². The van der Waals surface area contributed by atoms with E-state index in [4.69, 9.17) is 11.0 Å². The molecule has 21 heavy (non-hydrogen) atoms. The highest BCUT2D eigenvalue weighted by Gasteiger charge is 2.32. The monoisotopic (exact) mass is 307 g/mol. The number of piperidine rings is 1. The number of benzene rings is 1. The molecule has 1 aromatic carbocycles. The van der Waals surface area contributed by atoms with Crippen LogP contribution in [0.25, 0.3) is 0 Å². The van der Waals surface area contributed by atoms with Gasteiger partial charge in [-0.1, -0.05) is 25.5 Å². The fourth-order valence-electron chi connectivity index (χ4n) is 2.73. The third kappa shape index (κ3) is 3.82. The number of nitriles is 1. The van der Waals surface area contributed by atoms with Crippen LogP contribution in [0.4, 0.5) is 0 Å². The SMILES string of the molecule is CCC1CN(S(=O)(=O)Cc2cccc(C#N)c2)CCC1N. The molecule has 2 unspecified atom stereocenters. The zero-order valence-electron chi connectivity index (χ0n) is 12.2. The summed E-state index contributed by atoms with van der Waals surface area (Å²) in [6.45, 7) is 3.02. The van der Waals surface area contributed by atoms with Gasteiger partial charge >= 0.3 is 0 Å². The predicted octanol–water partition coefficient (Wildman–Crippen LogP) is 1.45. The van der Waals surface area contributed by atoms with Crippen molar-refractivity contribution in [2.75, 3.05) is 13.1 Å². The van der Waals surface area contributed by atoms with Gasteiger partial charge in [-0.05, 0) is 30.0 Å². The van der Waals surface area contributed by atoms with E-state index in [0.29, 0.717) is 30.6 Å². The van der Waals surface area contributed by atoms with Crippen molar-refractivity contribution in [3.05, 3.63) is 35.4 Å². The molecule has 0 saturated carbocycles. The van der Waals surface area contributed by atoms with Crippen molar-refractivity contribution in [3.63, 3.8) is 0 Å². The van der Waals surface area contributed by atoms with E-state index in [-0.39, 0.29) is 17.7 Å². The highest BCUT2D eigenvalue weighted by molar-refractivity contribution is 7.88. The molecule has 0 aliphatic carbocycles. The highest BCUT2D eigenvalue weighted by atomic mass is 32.2. The lowest BCUT2D eigenvalue weighted by Crippen LogP contribution is -2.49. The van der Waals surface area contributed by atoms with Crippen LogP contribution in [0.15, 0.2) is 24.3 Å². The molecule has 0 bridgehead atoms. The Morgan fingerprint density at radius 1 is 1.48 bits per heavy atom. The first-order valence-corrected chi connectivity index (χ1v) is 8.79. The lowest BCUT2D eigenvalue weighted by Gasteiger charge is -2.35. The molecule has 114 valence electrons. The summed E-state index contributed by atoms with van der Waals surface area (Å²) < 4.78 is 26.6. The fourth-order valence-corrected chi connectivity index (χ4v) is 4.32. The van der Waals surface area contributed by atoms with E-state index in [1.54, 1.807) is 28.6 Å². The molecular formula is C15H21N3O2S. The summed E-state index contributed by atoms with van der Waals surface area (Å²) in [4.78, 5) is 0. The largest absolute Gasteiger partial charge is 0.327 e. The van der Waals surface area contributed by atoms with Crippen LogP contribution in [-0.4, -0.2) is 31.9 Å². The van der Waals surface area contributed by atoms with Crippen molar-refractivity contribution in [2.24, 2.45) is 11.7 Å². The highest BCUT2D eigenvalue weighted by Crippen LogP contribution is 2.23. The predicted molar refractivity (Wildman–Crippen MR) is 81.7 cm³/mol. The molecule has 0 radical (unpaired) electrons. The Balaban J connectivity index is 2.13. The van der Waals surface area contributed by atoms with Gasteiger partial charge in [-0.25, -0.2) is 12.7 Å². The maximum absolute atomic E-state index is 12.5. The van der Waals surface area contributed by atoms with Crippen LogP contribution < -0.4 is 5.73 Å². The van der Waals surface area contributed by atoms with Gasteiger partial charge in [0.1, 0.15) is 0 Å². The van der Waals surface area contributed by atoms with Gasteiger partial charge in [0.05, 0.1) is 17.4 Å². The molecule has 5 nitrogen and oxygen atoms in total. The molecule has 6 heteroatoms. The van der Waals surface area contributed by atoms with Crippen LogP contribution in [-0.2, 0) is 15.8 Å². The number of rotatable bonds is 4. The van der Waals surface area contributed by atoms with Crippen LogP contribution >= 0.6 is 0 Å². The van der Waals surface area contributed by atoms with E-state index in [1.807, 2.05) is 13.0 Å². The average Bonchev–Trinajstić information content (AvgIpc) is 2.47. The molecule has 2 N–H and O–H groups in total. The number of hydrogen-bond donors (Lipinski definition) is 1. The van der Waals surface area contributed by atoms with Gasteiger partial charge in [0.15, 0.2) is 0 Å². The summed E-state index contributed by atoms with van der Waals surface area (Å²) >= 11 is 0. The zero-order valence-corrected chi connectivity index (χ0v) is 13.0. The van der Waals surface area contributed by atoms with Gasteiger partial charge in [0.2, 0.25) is 10.0 Å². The zero-order chi connectivity index (χ0) is 15.5. The second kappa shape index (κ2) is 6.56. The summed E-state index contributed by atoms with van der Waals surface area (Å²) in [7, 11) is -3.36. The molecule has 0 spiro atoms. The Morgan fingerprint density at radius 2 is 2.24 bits per heavy atom. The molecule has 1 aromatic rings. The quantitative estimate of drug-likeness (QED) is 0.912. The third-order valence-electron chi connectivity index (χ3n) is 4.08. The first-order valence-electron chi connectivity index (χ1n) is 7.18. The molecule has 1 saturated heterocycles. The summed E-state index contributed by atoms with van der Waals surface area (Å²) in [5.41, 5.74) is 7.16. The second-order valence-electron chi connectivity index (χ2n) is 5.55. The first-order chi connectivity index (χ1) is 9.96. The van der Waals surface area contributed by atoms with Gasteiger partial charge in [0, 0.05) is 19.1 Å². The third-order valence-corrected chi connectivity index (χ3v) is 5.89. The van der Waals surface area contributed by atoms with Crippen LogP contribution in [0.2, 0.25) is 0 Å². The fraction of sp³-hybridized carbons (Fsp3) is 0.533. The van der Waals surface area contributed by atoms with E-state index >= 15 is 0 Å². The number of hydrogen-bond acceptors (Lipinski definition) is 4. The van der Waals surface area contributed by atoms with Crippen LogP contribution in [0, 0.1) is 17.2 Å². The molecule has 1 aliphatic heterocycles. The van der Waals surface area contributed by atoms with Crippen molar-refractivity contribution in [1.82, 2.24) is 4.31 Å². The summed E-state index contributed by atoms with van der Waals surface area (Å²) in [5.74, 6) is 0.160. The Morgan fingerprint density at radius 3 is 2.90 bits per heavy atom. The van der Waals surface area contributed by atoms with Gasteiger partial charge in [-0.2, -0.15) is 5.26 Å². The maximum atomic E-state index is 12.5. The molecule has 1 heterocycles. The minimum atomic E-state index is -3.36. The van der Waals surface area contributed by atoms with Gasteiger partial charge in [-0.15, -0.1) is 0 Å². The minimum Gasteiger partial charge on any atom is -0.327 e. The molecule has 0 aromatic heterocycles. The van der Waals surface area contributed by atoms with Gasteiger partial charge in [-0.3, -0.25) is 0 Å². The number of nitrogens with two attached hydrogens (primary N) is 1. The Labute approximate surface area is 126 Å². The maximum Gasteiger partial charge on any atom is 0.218 e. The van der Waals surface area contributed by atoms with E-state index < -0.39 is 10.0 Å². The smallest absolute Gasteiger partial charge is 0.218 e. The molecule has 1 fully saturated rings. The number of nitrogens with zero attached hydrogens (tertiary/aromatic N) is 2. The first kappa shape index (κ1) is 16.0. The Kier molecular flexibility index (Phi) is 4.99. The van der Waals surface area contributed by atoms with Crippen LogP contribution in [0.3, 0.4) is 0 Å². The molecular weight excluding hydrogens is 286 g/mol. The summed E-state index contributed by atoms with van der Waals surface area (Å²) in [6, 6.07) is 8.87. The second-order valence-corrected chi connectivity index (χ2v) is 7.52. The van der Waals surface area contributed by atoms with E-state index in [0.717, 1.165) is 6.42 Å². The Hall–Kier alpha value is -1.42. The van der Waals surface area contributed by atoms with E-state index in [9.17, 15) is 8.42 Å². The van der Waals surface area contributed by atoms with E-state index in [2.05, 4.69) is 0 Å². The van der Waals surface area contributed by atoms with Crippen molar-refractivity contribution < 1.29 is 8.42 Å². The average molecular weight is 307 g/mol. The molecule has 1 aliphatic rings. The molecule has 2 rings (SSSR count). The van der Waals surface area contributed by atoms with Gasteiger partial charge in [0.25, 0.3) is 0 Å². The van der Waals surface area contributed by atoms with Crippen LogP contribution in [0.5, 0.6) is 0 Å². The normalized spacial score (nSPS) is 23.7. The van der Waals surface area contributed by atoms with Crippen molar-refractivity contribution in [3.8, 4) is 6.07 Å². The van der Waals surface area contributed by atoms with Gasteiger partial charge < -0.3 is 5.73 Å². The molecule has 0 amide bonds. The molecule has 2 atom stereocenters. The van der Waals surface area contributed by atoms with E-state index in [1.165, 1.54) is 0 Å². The van der Waals surface area contributed by atoms with Crippen molar-refractivity contribution in [1.29, 1.82) is 5.26 Å². The standard InChI is InChI=1S/C15H21N3O2S/c1-2-14-10-18(7-6-15(14)17)21(19,20)11-13-5-3-4-12(8-13)9-16/h3-5,8,14-15H,2,6-7,10-11,17H2,1H3. The summed E-state index contributed by atoms with van der Waals surface area (Å²) in [5, 5.41) is 8.88.